The molecule has 0 radical (unpaired) electrons. The summed E-state index contributed by atoms with van der Waals surface area (Å²) >= 11 is 0. The van der Waals surface area contributed by atoms with E-state index in [-0.39, 0.29) is 10.1 Å². The van der Waals surface area contributed by atoms with Crippen molar-refractivity contribution in [3.8, 4) is 0 Å². The summed E-state index contributed by atoms with van der Waals surface area (Å²) in [6.45, 7) is 28.2. The van der Waals surface area contributed by atoms with Crippen molar-refractivity contribution in [1.82, 2.24) is 0 Å². The Balaban J connectivity index is 2.20. The van der Waals surface area contributed by atoms with Crippen LogP contribution in [0.1, 0.15) is 66.5 Å². The second-order valence-electron chi connectivity index (χ2n) is 12.3. The topological polar surface area (TPSA) is 18.5 Å². The summed E-state index contributed by atoms with van der Waals surface area (Å²) in [5.74, 6) is 3.03. The van der Waals surface area contributed by atoms with Crippen LogP contribution in [0.5, 0.6) is 0 Å². The van der Waals surface area contributed by atoms with Crippen LogP contribution in [0.15, 0.2) is 36.4 Å². The first-order chi connectivity index (χ1) is 14.5. The van der Waals surface area contributed by atoms with Gasteiger partial charge in [0.15, 0.2) is 11.5 Å². The lowest BCUT2D eigenvalue weighted by atomic mass is 9.99. The molecule has 0 bridgehead atoms. The molecule has 1 aliphatic carbocycles. The lowest BCUT2D eigenvalue weighted by molar-refractivity contribution is 0.360. The third-order valence-corrected chi connectivity index (χ3v) is 18.1. The SMILES string of the molecule is CC(C)C(C)(C)[Si](C)(C)OC1=C(O[Si](C)(C)C(C)(C)C(C)C)c2cccc3cccc1c23. The van der Waals surface area contributed by atoms with E-state index in [1.807, 2.05) is 0 Å². The van der Waals surface area contributed by atoms with Crippen LogP contribution in [0.25, 0.3) is 22.3 Å². The highest BCUT2D eigenvalue weighted by atomic mass is 28.4. The van der Waals surface area contributed by atoms with E-state index >= 15 is 0 Å². The largest absolute Gasteiger partial charge is 0.541 e. The molecule has 0 fully saturated rings. The zero-order valence-electron chi connectivity index (χ0n) is 22.4. The molecule has 176 valence electrons. The van der Waals surface area contributed by atoms with E-state index in [2.05, 4.69) is 118 Å². The molecule has 2 aromatic rings. The molecule has 4 heteroatoms. The van der Waals surface area contributed by atoms with Crippen LogP contribution >= 0.6 is 0 Å². The molecule has 3 rings (SSSR count). The molecule has 2 aromatic carbocycles. The number of hydrogen-bond donors (Lipinski definition) is 0. The Morgan fingerprint density at radius 3 is 1.28 bits per heavy atom. The van der Waals surface area contributed by atoms with Gasteiger partial charge in [0, 0.05) is 16.5 Å². The van der Waals surface area contributed by atoms with Gasteiger partial charge in [-0.05, 0) is 53.5 Å². The smallest absolute Gasteiger partial charge is 0.251 e. The molecule has 0 aliphatic heterocycles. The number of rotatable bonds is 8. The first-order valence-corrected chi connectivity index (χ1v) is 18.0. The Labute approximate surface area is 198 Å². The van der Waals surface area contributed by atoms with E-state index in [1.54, 1.807) is 0 Å². The number of benzene rings is 2. The van der Waals surface area contributed by atoms with Gasteiger partial charge in [-0.2, -0.15) is 0 Å². The Morgan fingerprint density at radius 2 is 0.969 bits per heavy atom. The summed E-state index contributed by atoms with van der Waals surface area (Å²) in [7, 11) is -4.24. The molecule has 0 saturated carbocycles. The van der Waals surface area contributed by atoms with Crippen LogP contribution in [0.3, 0.4) is 0 Å². The van der Waals surface area contributed by atoms with Gasteiger partial charge in [0.05, 0.1) is 0 Å². The third kappa shape index (κ3) is 3.88. The van der Waals surface area contributed by atoms with Crippen LogP contribution in [0, 0.1) is 11.8 Å². The van der Waals surface area contributed by atoms with Gasteiger partial charge in [-0.3, -0.25) is 0 Å². The molecule has 1 aliphatic rings. The molecule has 0 N–H and O–H groups in total. The second-order valence-corrected chi connectivity index (χ2v) is 21.4. The van der Waals surface area contributed by atoms with Crippen molar-refractivity contribution >= 4 is 38.9 Å². The van der Waals surface area contributed by atoms with Crippen molar-refractivity contribution < 1.29 is 8.85 Å². The van der Waals surface area contributed by atoms with Crippen molar-refractivity contribution in [2.75, 3.05) is 0 Å². The molecular formula is C28H44O2Si2. The fourth-order valence-corrected chi connectivity index (χ4v) is 9.06. The minimum atomic E-state index is -2.12. The molecule has 0 unspecified atom stereocenters. The summed E-state index contributed by atoms with van der Waals surface area (Å²) in [5, 5.41) is 2.78. The van der Waals surface area contributed by atoms with Gasteiger partial charge in [-0.15, -0.1) is 0 Å². The van der Waals surface area contributed by atoms with Gasteiger partial charge in [-0.1, -0.05) is 91.8 Å². The van der Waals surface area contributed by atoms with Crippen molar-refractivity contribution in [2.24, 2.45) is 11.8 Å². The summed E-state index contributed by atoms with van der Waals surface area (Å²) in [6, 6.07) is 13.1. The highest BCUT2D eigenvalue weighted by Gasteiger charge is 2.49. The predicted octanol–water partition coefficient (Wildman–Crippen LogP) is 9.29. The Bertz CT molecular complexity index is 964. The van der Waals surface area contributed by atoms with E-state index in [1.165, 1.54) is 21.9 Å². The van der Waals surface area contributed by atoms with Crippen LogP contribution in [-0.2, 0) is 8.85 Å². The average Bonchev–Trinajstić information content (AvgIpc) is 2.96. The molecule has 32 heavy (non-hydrogen) atoms. The van der Waals surface area contributed by atoms with Crippen molar-refractivity contribution in [1.29, 1.82) is 0 Å². The summed E-state index contributed by atoms with van der Waals surface area (Å²) in [5.41, 5.74) is 2.39. The first kappa shape index (κ1) is 25.1. The third-order valence-electron chi connectivity index (χ3n) is 9.30. The summed E-state index contributed by atoms with van der Waals surface area (Å²) < 4.78 is 14.3. The predicted molar refractivity (Wildman–Crippen MR) is 146 cm³/mol. The zero-order valence-corrected chi connectivity index (χ0v) is 24.4. The zero-order chi connectivity index (χ0) is 24.3. The van der Waals surface area contributed by atoms with Crippen LogP contribution in [-0.4, -0.2) is 16.6 Å². The second kappa shape index (κ2) is 8.05. The summed E-state index contributed by atoms with van der Waals surface area (Å²) in [4.78, 5) is 0. The maximum atomic E-state index is 7.15. The standard InChI is InChI=1S/C28H44O2Si2/c1-19(2)27(5,6)31(9,10)29-25-22-17-13-15-21-16-14-18-23(24(21)22)26(25)30-32(11,12)28(7,8)20(3)4/h13-20H,1-12H3. The maximum Gasteiger partial charge on any atom is 0.251 e. The Morgan fingerprint density at radius 1 is 0.625 bits per heavy atom. The fourth-order valence-electron chi connectivity index (χ4n) is 4.33. The lowest BCUT2D eigenvalue weighted by Crippen LogP contribution is -2.46. The molecular weight excluding hydrogens is 424 g/mol. The van der Waals surface area contributed by atoms with Gasteiger partial charge in [0.1, 0.15) is 0 Å². The molecule has 0 spiro atoms. The van der Waals surface area contributed by atoms with Crippen molar-refractivity contribution in [3.63, 3.8) is 0 Å². The Hall–Kier alpha value is -1.53. The van der Waals surface area contributed by atoms with Gasteiger partial charge in [0.25, 0.3) is 16.6 Å². The monoisotopic (exact) mass is 468 g/mol. The number of hydrogen-bond acceptors (Lipinski definition) is 2. The minimum Gasteiger partial charge on any atom is -0.541 e. The normalized spacial score (nSPS) is 15.3. The quantitative estimate of drug-likeness (QED) is 0.359. The van der Waals surface area contributed by atoms with E-state index in [0.29, 0.717) is 11.8 Å². The Kier molecular flexibility index (Phi) is 6.32. The van der Waals surface area contributed by atoms with E-state index in [0.717, 1.165) is 11.5 Å². The highest BCUT2D eigenvalue weighted by molar-refractivity contribution is 6.76. The van der Waals surface area contributed by atoms with Gasteiger partial charge >= 0.3 is 0 Å². The first-order valence-electron chi connectivity index (χ1n) is 12.2. The van der Waals surface area contributed by atoms with Crippen LogP contribution in [0.2, 0.25) is 36.3 Å². The molecule has 0 atom stereocenters. The van der Waals surface area contributed by atoms with Gasteiger partial charge in [-0.25, -0.2) is 0 Å². The van der Waals surface area contributed by atoms with E-state index in [9.17, 15) is 0 Å². The van der Waals surface area contributed by atoms with Gasteiger partial charge in [0.2, 0.25) is 0 Å². The summed E-state index contributed by atoms with van der Waals surface area (Å²) in [6.07, 6.45) is 0. The molecule has 2 nitrogen and oxygen atoms in total. The van der Waals surface area contributed by atoms with Crippen LogP contribution < -0.4 is 0 Å². The molecule has 0 saturated heterocycles. The van der Waals surface area contributed by atoms with E-state index < -0.39 is 16.6 Å². The highest BCUT2D eigenvalue weighted by Crippen LogP contribution is 2.53. The van der Waals surface area contributed by atoms with Crippen molar-refractivity contribution in [2.45, 2.75) is 91.7 Å². The maximum absolute atomic E-state index is 7.15. The lowest BCUT2D eigenvalue weighted by Gasteiger charge is -2.44. The molecule has 0 heterocycles. The average molecular weight is 469 g/mol. The van der Waals surface area contributed by atoms with E-state index in [4.69, 9.17) is 8.85 Å². The van der Waals surface area contributed by atoms with Crippen molar-refractivity contribution in [3.05, 3.63) is 47.5 Å². The van der Waals surface area contributed by atoms with Crippen LogP contribution in [0.4, 0.5) is 0 Å². The fraction of sp³-hybridized carbons (Fsp3) is 0.571. The molecule has 0 amide bonds. The van der Waals surface area contributed by atoms with Gasteiger partial charge < -0.3 is 8.85 Å². The minimum absolute atomic E-state index is 0.123. The molecule has 0 aromatic heterocycles.